The topological polar surface area (TPSA) is 0 Å². The van der Waals surface area contributed by atoms with E-state index in [0.717, 1.165) is 5.92 Å². The molecule has 0 aliphatic carbocycles. The van der Waals surface area contributed by atoms with Gasteiger partial charge in [0.25, 0.3) is 0 Å². The van der Waals surface area contributed by atoms with Crippen molar-refractivity contribution in [3.63, 3.8) is 0 Å². The highest BCUT2D eigenvalue weighted by molar-refractivity contribution is 4.47. The maximum atomic E-state index is 10.4. The quantitative estimate of drug-likeness (QED) is 0.609. The fraction of sp³-hybridized carbons (Fsp3) is 1.00. The van der Waals surface area contributed by atoms with E-state index in [1.54, 1.807) is 0 Å². The number of hydrogen-bond acceptors (Lipinski definition) is 0. The van der Waals surface area contributed by atoms with Gasteiger partial charge in [0, 0.05) is 6.92 Å². The molecule has 0 spiro atoms. The second-order valence-corrected chi connectivity index (χ2v) is 3.44. The Morgan fingerprint density at radius 2 is 1.54 bits per heavy atom. The van der Waals surface area contributed by atoms with E-state index in [9.17, 15) is 13.2 Å². The van der Waals surface area contributed by atoms with Gasteiger partial charge in [0.05, 0.1) is 0 Å². The van der Waals surface area contributed by atoms with Crippen LogP contribution in [0.2, 0.25) is 0 Å². The Labute approximate surface area is 79.5 Å². The van der Waals surface area contributed by atoms with Crippen LogP contribution in [0.5, 0.6) is 0 Å². The molecule has 0 amide bonds. The Kier molecular flexibility index (Phi) is 9.86. The maximum Gasteiger partial charge on any atom is 0.386 e. The average Bonchev–Trinajstić information content (AvgIpc) is 1.97. The van der Waals surface area contributed by atoms with Gasteiger partial charge in [-0.3, -0.25) is 0 Å². The van der Waals surface area contributed by atoms with E-state index >= 15 is 0 Å². The first-order chi connectivity index (χ1) is 5.81. The Balaban J connectivity index is 0. The summed E-state index contributed by atoms with van der Waals surface area (Å²) in [4.78, 5) is 0. The molecule has 0 saturated carbocycles. The van der Waals surface area contributed by atoms with Crippen molar-refractivity contribution in [3.05, 3.63) is 0 Å². The van der Waals surface area contributed by atoms with Crippen LogP contribution >= 0.6 is 0 Å². The highest BCUT2D eigenvalue weighted by Crippen LogP contribution is 2.10. The van der Waals surface area contributed by atoms with Crippen molar-refractivity contribution < 1.29 is 13.2 Å². The van der Waals surface area contributed by atoms with E-state index in [1.807, 2.05) is 0 Å². The molecule has 0 aliphatic heterocycles. The molecule has 0 radical (unpaired) electrons. The third-order valence-corrected chi connectivity index (χ3v) is 1.75. The van der Waals surface area contributed by atoms with Crippen molar-refractivity contribution in [2.45, 2.75) is 59.6 Å². The predicted octanol–water partition coefficient (Wildman–Crippen LogP) is 4.79. The minimum absolute atomic E-state index is 0.188. The molecule has 0 nitrogen and oxygen atoms in total. The van der Waals surface area contributed by atoms with Crippen LogP contribution in [0.15, 0.2) is 0 Å². The van der Waals surface area contributed by atoms with E-state index in [1.165, 1.54) is 25.7 Å². The van der Waals surface area contributed by atoms with Crippen LogP contribution in [0.3, 0.4) is 0 Å². The fourth-order valence-electron chi connectivity index (χ4n) is 0.757. The largest absolute Gasteiger partial charge is 0.386 e. The van der Waals surface area contributed by atoms with Gasteiger partial charge in [-0.1, -0.05) is 46.5 Å². The standard InChI is InChI=1S/C8H18.C2H3F3/c1-4-6-7-8(3)5-2;1-2(3,4)5/h8H,4-7H2,1-3H3;1H3. The molecular weight excluding hydrogens is 177 g/mol. The van der Waals surface area contributed by atoms with Crippen LogP contribution in [0.25, 0.3) is 0 Å². The molecule has 1 atom stereocenters. The van der Waals surface area contributed by atoms with Gasteiger partial charge in [0.15, 0.2) is 0 Å². The lowest BCUT2D eigenvalue weighted by Crippen LogP contribution is -1.95. The molecule has 0 aromatic carbocycles. The summed E-state index contributed by atoms with van der Waals surface area (Å²) < 4.78 is 31.1. The van der Waals surface area contributed by atoms with Gasteiger partial charge in [-0.25, -0.2) is 0 Å². The third kappa shape index (κ3) is 33.7. The van der Waals surface area contributed by atoms with E-state index < -0.39 is 6.18 Å². The van der Waals surface area contributed by atoms with E-state index in [2.05, 4.69) is 20.8 Å². The van der Waals surface area contributed by atoms with Crippen LogP contribution in [0.1, 0.15) is 53.4 Å². The molecule has 13 heavy (non-hydrogen) atoms. The van der Waals surface area contributed by atoms with Crippen molar-refractivity contribution in [2.75, 3.05) is 0 Å². The second-order valence-electron chi connectivity index (χ2n) is 3.44. The molecule has 82 valence electrons. The lowest BCUT2D eigenvalue weighted by Gasteiger charge is -2.04. The molecular formula is C10H21F3. The number of alkyl halides is 3. The Bertz CT molecular complexity index is 90.8. The molecule has 0 heterocycles. The lowest BCUT2D eigenvalue weighted by molar-refractivity contribution is -0.110. The van der Waals surface area contributed by atoms with Crippen molar-refractivity contribution in [3.8, 4) is 0 Å². The monoisotopic (exact) mass is 198 g/mol. The van der Waals surface area contributed by atoms with E-state index in [4.69, 9.17) is 0 Å². The molecule has 1 unspecified atom stereocenters. The normalized spacial score (nSPS) is 13.2. The number of unbranched alkanes of at least 4 members (excludes halogenated alkanes) is 1. The van der Waals surface area contributed by atoms with E-state index in [0.29, 0.717) is 0 Å². The van der Waals surface area contributed by atoms with Crippen LogP contribution < -0.4 is 0 Å². The summed E-state index contributed by atoms with van der Waals surface area (Å²) in [6.45, 7) is 7.03. The summed E-state index contributed by atoms with van der Waals surface area (Å²) in [5.74, 6) is 0.954. The second kappa shape index (κ2) is 8.39. The minimum Gasteiger partial charge on any atom is -0.172 e. The molecule has 0 saturated heterocycles. The van der Waals surface area contributed by atoms with E-state index in [-0.39, 0.29) is 6.92 Å². The first-order valence-electron chi connectivity index (χ1n) is 4.88. The Hall–Kier alpha value is -0.210. The predicted molar refractivity (Wildman–Crippen MR) is 50.7 cm³/mol. The molecule has 0 aromatic rings. The lowest BCUT2D eigenvalue weighted by atomic mass is 10.0. The SMILES string of the molecule is CC(F)(F)F.CCCCC(C)CC. The molecule has 0 aromatic heterocycles. The zero-order valence-corrected chi connectivity index (χ0v) is 9.04. The summed E-state index contributed by atoms with van der Waals surface area (Å²) in [5.41, 5.74) is 0. The van der Waals surface area contributed by atoms with Gasteiger partial charge in [-0.2, -0.15) is 13.2 Å². The van der Waals surface area contributed by atoms with Crippen molar-refractivity contribution in [1.82, 2.24) is 0 Å². The van der Waals surface area contributed by atoms with Gasteiger partial charge in [0.1, 0.15) is 0 Å². The maximum absolute atomic E-state index is 10.4. The number of hydrogen-bond donors (Lipinski definition) is 0. The van der Waals surface area contributed by atoms with Gasteiger partial charge in [-0.15, -0.1) is 0 Å². The number of rotatable bonds is 4. The Morgan fingerprint density at radius 1 is 1.15 bits per heavy atom. The van der Waals surface area contributed by atoms with Crippen LogP contribution in [-0.4, -0.2) is 6.18 Å². The smallest absolute Gasteiger partial charge is 0.172 e. The summed E-state index contributed by atoms with van der Waals surface area (Å²) in [6, 6.07) is 0. The number of halogens is 3. The molecule has 0 fully saturated rings. The molecule has 0 N–H and O–H groups in total. The van der Waals surface area contributed by atoms with Crippen LogP contribution in [0.4, 0.5) is 13.2 Å². The van der Waals surface area contributed by atoms with Gasteiger partial charge in [0.2, 0.25) is 0 Å². The van der Waals surface area contributed by atoms with Gasteiger partial charge >= 0.3 is 6.18 Å². The van der Waals surface area contributed by atoms with Crippen molar-refractivity contribution in [1.29, 1.82) is 0 Å². The molecule has 0 aliphatic rings. The zero-order valence-electron chi connectivity index (χ0n) is 9.04. The zero-order chi connectivity index (χ0) is 10.9. The van der Waals surface area contributed by atoms with Gasteiger partial charge in [-0.05, 0) is 5.92 Å². The van der Waals surface area contributed by atoms with Gasteiger partial charge < -0.3 is 0 Å². The highest BCUT2D eigenvalue weighted by atomic mass is 19.4. The van der Waals surface area contributed by atoms with Crippen molar-refractivity contribution in [2.24, 2.45) is 5.92 Å². The molecule has 0 rings (SSSR count). The summed E-state index contributed by atoms with van der Waals surface area (Å²) in [5, 5.41) is 0. The molecule has 3 heteroatoms. The third-order valence-electron chi connectivity index (χ3n) is 1.75. The minimum atomic E-state index is -4.00. The Morgan fingerprint density at radius 3 is 1.77 bits per heavy atom. The summed E-state index contributed by atoms with van der Waals surface area (Å²) in [7, 11) is 0. The van der Waals surface area contributed by atoms with Crippen LogP contribution in [-0.2, 0) is 0 Å². The summed E-state index contributed by atoms with van der Waals surface area (Å²) in [6.07, 6.45) is 1.53. The van der Waals surface area contributed by atoms with Crippen LogP contribution in [0, 0.1) is 5.92 Å². The fourth-order valence-corrected chi connectivity index (χ4v) is 0.757. The first-order valence-corrected chi connectivity index (χ1v) is 4.88. The van der Waals surface area contributed by atoms with Crippen molar-refractivity contribution >= 4 is 0 Å². The summed E-state index contributed by atoms with van der Waals surface area (Å²) >= 11 is 0. The highest BCUT2D eigenvalue weighted by Gasteiger charge is 2.15. The molecule has 0 bridgehead atoms. The first kappa shape index (κ1) is 15.3. The average molecular weight is 198 g/mol.